The van der Waals surface area contributed by atoms with Crippen molar-refractivity contribution in [2.75, 3.05) is 6.61 Å². The Morgan fingerprint density at radius 2 is 1.31 bits per heavy atom. The molecule has 48 heavy (non-hydrogen) atoms. The summed E-state index contributed by atoms with van der Waals surface area (Å²) in [5.41, 5.74) is 8.54. The molecule has 1 aliphatic carbocycles. The van der Waals surface area contributed by atoms with E-state index in [0.717, 1.165) is 50.4 Å². The molecule has 1 atom stereocenters. The SMILES string of the molecule is O=C(N[C@@H](Cc1cccnc1)C(=O)c1ccc([C](c2ccccc2)c2ccccc2)c(Cl)c1)OCC1c2ccccc2-c2ccccc21. The Labute approximate surface area is 285 Å². The quantitative estimate of drug-likeness (QED) is 0.119. The van der Waals surface area contributed by atoms with Gasteiger partial charge in [-0.15, -0.1) is 0 Å². The van der Waals surface area contributed by atoms with E-state index in [1.54, 1.807) is 30.6 Å². The number of amides is 1. The number of hydrogen-bond donors (Lipinski definition) is 1. The molecule has 1 aromatic heterocycles. The Bertz CT molecular complexity index is 1970. The average Bonchev–Trinajstić information content (AvgIpc) is 3.46. The highest BCUT2D eigenvalue weighted by atomic mass is 35.5. The predicted octanol–water partition coefficient (Wildman–Crippen LogP) is 9.09. The second-order valence-corrected chi connectivity index (χ2v) is 12.2. The third-order valence-corrected chi connectivity index (χ3v) is 9.08. The van der Waals surface area contributed by atoms with E-state index in [-0.39, 0.29) is 24.7 Å². The topological polar surface area (TPSA) is 68.3 Å². The van der Waals surface area contributed by atoms with Crippen molar-refractivity contribution >= 4 is 23.5 Å². The van der Waals surface area contributed by atoms with Crippen LogP contribution in [-0.2, 0) is 11.2 Å². The molecule has 0 spiro atoms. The van der Waals surface area contributed by atoms with Crippen molar-refractivity contribution in [3.63, 3.8) is 0 Å². The van der Waals surface area contributed by atoms with E-state index in [1.807, 2.05) is 97.1 Å². The zero-order chi connectivity index (χ0) is 32.9. The number of nitrogens with one attached hydrogen (secondary N) is 1. The first-order valence-corrected chi connectivity index (χ1v) is 16.3. The molecular weight excluding hydrogens is 616 g/mol. The van der Waals surface area contributed by atoms with E-state index in [4.69, 9.17) is 16.3 Å². The van der Waals surface area contributed by atoms with Gasteiger partial charge in [-0.25, -0.2) is 4.79 Å². The number of Topliss-reactive ketones (excluding diaryl/α,β-unsaturated/α-hetero) is 1. The van der Waals surface area contributed by atoms with Crippen LogP contribution in [0.25, 0.3) is 11.1 Å². The zero-order valence-electron chi connectivity index (χ0n) is 26.1. The van der Waals surface area contributed by atoms with Crippen LogP contribution in [0.2, 0.25) is 5.02 Å². The summed E-state index contributed by atoms with van der Waals surface area (Å²) in [5.74, 6) is 0.590. The lowest BCUT2D eigenvalue weighted by atomic mass is 9.84. The second kappa shape index (κ2) is 14.1. The smallest absolute Gasteiger partial charge is 0.407 e. The third-order valence-electron chi connectivity index (χ3n) is 8.76. The number of alkyl carbamates (subject to hydrolysis) is 1. The molecule has 0 saturated carbocycles. The standard InChI is InChI=1S/C42H32ClN2O3/c43-38-25-31(21-22-36(38)40(29-13-3-1-4-14-29)30-15-5-2-6-16-30)41(46)39(24-28-12-11-23-44-26-28)45-42(47)48-27-37-34-19-9-7-17-32(34)33-18-8-10-20-35(33)37/h1-23,25-26,37,39H,24,27H2,(H,45,47)/t39-/m0/s1. The summed E-state index contributed by atoms with van der Waals surface area (Å²) in [6, 6.07) is 44.5. The van der Waals surface area contributed by atoms with Gasteiger partial charge in [0, 0.05) is 35.3 Å². The van der Waals surface area contributed by atoms with Gasteiger partial charge < -0.3 is 10.1 Å². The molecule has 0 saturated heterocycles. The lowest BCUT2D eigenvalue weighted by molar-refractivity contribution is 0.0919. The molecule has 235 valence electrons. The minimum absolute atomic E-state index is 0.0957. The molecule has 1 amide bonds. The number of halogens is 1. The van der Waals surface area contributed by atoms with E-state index in [1.165, 1.54) is 0 Å². The Morgan fingerprint density at radius 3 is 1.90 bits per heavy atom. The van der Waals surface area contributed by atoms with Crippen LogP contribution in [0.5, 0.6) is 0 Å². The van der Waals surface area contributed by atoms with E-state index >= 15 is 0 Å². The van der Waals surface area contributed by atoms with Crippen LogP contribution in [0, 0.1) is 5.92 Å². The van der Waals surface area contributed by atoms with Gasteiger partial charge in [0.25, 0.3) is 0 Å². The van der Waals surface area contributed by atoms with Gasteiger partial charge in [0.1, 0.15) is 6.61 Å². The first-order chi connectivity index (χ1) is 23.6. The molecule has 1 N–H and O–H groups in total. The molecule has 7 rings (SSSR count). The van der Waals surface area contributed by atoms with Gasteiger partial charge in [-0.2, -0.15) is 0 Å². The third kappa shape index (κ3) is 6.51. The fourth-order valence-electron chi connectivity index (χ4n) is 6.51. The highest BCUT2D eigenvalue weighted by molar-refractivity contribution is 6.32. The van der Waals surface area contributed by atoms with E-state index in [0.29, 0.717) is 10.6 Å². The maximum Gasteiger partial charge on any atom is 0.407 e. The maximum absolute atomic E-state index is 14.1. The number of ketones is 1. The van der Waals surface area contributed by atoms with E-state index in [9.17, 15) is 9.59 Å². The van der Waals surface area contributed by atoms with Gasteiger partial charge >= 0.3 is 6.09 Å². The highest BCUT2D eigenvalue weighted by Crippen LogP contribution is 2.44. The van der Waals surface area contributed by atoms with Crippen molar-refractivity contribution in [2.45, 2.75) is 18.4 Å². The lowest BCUT2D eigenvalue weighted by Crippen LogP contribution is -2.43. The monoisotopic (exact) mass is 647 g/mol. The average molecular weight is 648 g/mol. The molecule has 0 fully saturated rings. The fraction of sp³-hybridized carbons (Fsp3) is 0.0952. The summed E-state index contributed by atoms with van der Waals surface area (Å²) in [5, 5.41) is 3.29. The minimum Gasteiger partial charge on any atom is -0.449 e. The van der Waals surface area contributed by atoms with Crippen LogP contribution < -0.4 is 5.32 Å². The van der Waals surface area contributed by atoms with Crippen LogP contribution >= 0.6 is 11.6 Å². The molecule has 1 aliphatic rings. The number of benzene rings is 5. The molecule has 0 unspecified atom stereocenters. The Morgan fingerprint density at radius 1 is 0.708 bits per heavy atom. The number of nitrogens with zero attached hydrogens (tertiary/aromatic N) is 1. The summed E-state index contributed by atoms with van der Waals surface area (Å²) < 4.78 is 5.82. The molecule has 5 nitrogen and oxygen atoms in total. The van der Waals surface area contributed by atoms with Crippen molar-refractivity contribution in [2.24, 2.45) is 0 Å². The maximum atomic E-state index is 14.1. The second-order valence-electron chi connectivity index (χ2n) is 11.8. The Kier molecular flexibility index (Phi) is 9.12. The first-order valence-electron chi connectivity index (χ1n) is 15.9. The molecule has 6 aromatic rings. The van der Waals surface area contributed by atoms with Crippen molar-refractivity contribution in [1.29, 1.82) is 0 Å². The molecule has 5 aromatic carbocycles. The molecular formula is C42H32ClN2O3. The van der Waals surface area contributed by atoms with Gasteiger partial charge in [0.05, 0.1) is 12.0 Å². The normalized spacial score (nSPS) is 12.6. The first kappa shape index (κ1) is 31.1. The van der Waals surface area contributed by atoms with Crippen molar-refractivity contribution in [3.05, 3.63) is 202 Å². The number of fused-ring (bicyclic) bond motifs is 3. The van der Waals surface area contributed by atoms with Crippen LogP contribution in [-0.4, -0.2) is 29.5 Å². The number of carbonyl (C=O) groups excluding carboxylic acids is 2. The number of aromatic nitrogens is 1. The predicted molar refractivity (Wildman–Crippen MR) is 189 cm³/mol. The summed E-state index contributed by atoms with van der Waals surface area (Å²) in [6.07, 6.45) is 2.94. The largest absolute Gasteiger partial charge is 0.449 e. The number of pyridine rings is 1. The summed E-state index contributed by atoms with van der Waals surface area (Å²) in [6.45, 7) is 0.145. The lowest BCUT2D eigenvalue weighted by Gasteiger charge is -2.21. The number of rotatable bonds is 10. The number of ether oxygens (including phenoxy) is 1. The molecule has 0 bridgehead atoms. The summed E-state index contributed by atoms with van der Waals surface area (Å²) >= 11 is 6.95. The van der Waals surface area contributed by atoms with Crippen molar-refractivity contribution in [3.8, 4) is 11.1 Å². The van der Waals surface area contributed by atoms with Crippen molar-refractivity contribution in [1.82, 2.24) is 10.3 Å². The molecule has 1 radical (unpaired) electrons. The molecule has 6 heteroatoms. The molecule has 0 aliphatic heterocycles. The van der Waals surface area contributed by atoms with Gasteiger partial charge in [-0.3, -0.25) is 9.78 Å². The Hall–Kier alpha value is -5.52. The van der Waals surface area contributed by atoms with E-state index < -0.39 is 12.1 Å². The van der Waals surface area contributed by atoms with Gasteiger partial charge in [0.2, 0.25) is 0 Å². The fourth-order valence-corrected chi connectivity index (χ4v) is 6.78. The Balaban J connectivity index is 1.13. The van der Waals surface area contributed by atoms with Crippen molar-refractivity contribution < 1.29 is 14.3 Å². The number of hydrogen-bond acceptors (Lipinski definition) is 4. The van der Waals surface area contributed by atoms with E-state index in [2.05, 4.69) is 34.6 Å². The van der Waals surface area contributed by atoms with Gasteiger partial charge in [-0.1, -0.05) is 139 Å². The minimum atomic E-state index is -0.904. The molecule has 1 heterocycles. The van der Waals surface area contributed by atoms with Crippen LogP contribution in [0.15, 0.2) is 152 Å². The van der Waals surface area contributed by atoms with Gasteiger partial charge in [-0.05, 0) is 56.6 Å². The van der Waals surface area contributed by atoms with Crippen LogP contribution in [0.4, 0.5) is 4.79 Å². The van der Waals surface area contributed by atoms with Crippen LogP contribution in [0.1, 0.15) is 49.7 Å². The number of carbonyl (C=O) groups is 2. The van der Waals surface area contributed by atoms with Crippen LogP contribution in [0.3, 0.4) is 0 Å². The van der Waals surface area contributed by atoms with Gasteiger partial charge in [0.15, 0.2) is 5.78 Å². The highest BCUT2D eigenvalue weighted by Gasteiger charge is 2.30. The summed E-state index contributed by atoms with van der Waals surface area (Å²) in [7, 11) is 0. The zero-order valence-corrected chi connectivity index (χ0v) is 26.8. The summed E-state index contributed by atoms with van der Waals surface area (Å²) in [4.78, 5) is 31.6.